The van der Waals surface area contributed by atoms with E-state index in [0.717, 1.165) is 0 Å². The van der Waals surface area contributed by atoms with E-state index in [-0.39, 0.29) is 11.7 Å². The Labute approximate surface area is 89.6 Å². The zero-order valence-electron chi connectivity index (χ0n) is 8.17. The maximum absolute atomic E-state index is 13.4. The van der Waals surface area contributed by atoms with E-state index in [4.69, 9.17) is 0 Å². The van der Waals surface area contributed by atoms with Crippen molar-refractivity contribution in [3.05, 3.63) is 33.9 Å². The smallest absolute Gasteiger partial charge is 0.275 e. The van der Waals surface area contributed by atoms with Crippen LogP contribution in [0, 0.1) is 21.7 Å². The molecule has 0 aromatic heterocycles. The fourth-order valence-electron chi connectivity index (χ4n) is 1.40. The Hall–Kier alpha value is -1.76. The van der Waals surface area contributed by atoms with E-state index in [1.54, 1.807) is 0 Å². The van der Waals surface area contributed by atoms with Crippen LogP contribution in [0.5, 0.6) is 0 Å². The molecule has 5 nitrogen and oxygen atoms in total. The van der Waals surface area contributed by atoms with Crippen molar-refractivity contribution in [2.24, 2.45) is 0 Å². The van der Waals surface area contributed by atoms with Crippen molar-refractivity contribution in [3.8, 4) is 0 Å². The van der Waals surface area contributed by atoms with Gasteiger partial charge in [-0.1, -0.05) is 0 Å². The summed E-state index contributed by atoms with van der Waals surface area (Å²) < 4.78 is 26.7. The third-order valence-electron chi connectivity index (χ3n) is 2.37. The normalized spacial score (nSPS) is 15.6. The van der Waals surface area contributed by atoms with Gasteiger partial charge in [-0.25, -0.2) is 8.78 Å². The molecule has 2 rings (SSSR count). The molecule has 0 spiro atoms. The Morgan fingerprint density at radius 3 is 2.31 bits per heavy atom. The number of nitro groups is 1. The first kappa shape index (κ1) is 10.7. The van der Waals surface area contributed by atoms with Crippen molar-refractivity contribution in [2.45, 2.75) is 6.04 Å². The standard InChI is InChI=1S/C9H9F2N3O2/c10-7-1-6(14(15)16)2-8(11)9(7)13-5-3-12-4-5/h1-2,5,12-13H,3-4H2. The zero-order valence-corrected chi connectivity index (χ0v) is 8.17. The molecule has 1 heterocycles. The molecule has 7 heteroatoms. The van der Waals surface area contributed by atoms with E-state index in [1.165, 1.54) is 0 Å². The van der Waals surface area contributed by atoms with Gasteiger partial charge in [0.2, 0.25) is 0 Å². The van der Waals surface area contributed by atoms with Crippen LogP contribution in [-0.4, -0.2) is 24.1 Å². The summed E-state index contributed by atoms with van der Waals surface area (Å²) in [6, 6.07) is 1.38. The van der Waals surface area contributed by atoms with Crippen LogP contribution in [0.15, 0.2) is 12.1 Å². The van der Waals surface area contributed by atoms with Gasteiger partial charge in [0.05, 0.1) is 23.1 Å². The molecule has 1 aromatic carbocycles. The predicted octanol–water partition coefficient (Wildman–Crippen LogP) is 1.26. The molecule has 1 aliphatic heterocycles. The van der Waals surface area contributed by atoms with Crippen LogP contribution in [0.3, 0.4) is 0 Å². The van der Waals surface area contributed by atoms with Crippen LogP contribution in [0.2, 0.25) is 0 Å². The third kappa shape index (κ3) is 1.94. The number of hydrogen-bond acceptors (Lipinski definition) is 4. The van der Waals surface area contributed by atoms with Gasteiger partial charge in [0.25, 0.3) is 5.69 Å². The summed E-state index contributed by atoms with van der Waals surface area (Å²) in [6.07, 6.45) is 0. The highest BCUT2D eigenvalue weighted by Gasteiger charge is 2.22. The van der Waals surface area contributed by atoms with Gasteiger partial charge in [-0.15, -0.1) is 0 Å². The molecule has 0 bridgehead atoms. The Kier molecular flexibility index (Phi) is 2.69. The van der Waals surface area contributed by atoms with Crippen molar-refractivity contribution in [1.82, 2.24) is 5.32 Å². The van der Waals surface area contributed by atoms with Gasteiger partial charge in [-0.05, 0) is 0 Å². The first-order valence-electron chi connectivity index (χ1n) is 4.68. The predicted molar refractivity (Wildman–Crippen MR) is 53.3 cm³/mol. The molecule has 0 radical (unpaired) electrons. The monoisotopic (exact) mass is 229 g/mol. The first-order valence-corrected chi connectivity index (χ1v) is 4.68. The maximum atomic E-state index is 13.4. The summed E-state index contributed by atoms with van der Waals surface area (Å²) in [5.74, 6) is -1.89. The van der Waals surface area contributed by atoms with Gasteiger partial charge in [0.1, 0.15) is 5.69 Å². The lowest BCUT2D eigenvalue weighted by Gasteiger charge is -2.29. The molecule has 0 atom stereocenters. The SMILES string of the molecule is O=[N+]([O-])c1cc(F)c(NC2CNC2)c(F)c1. The number of non-ortho nitro benzene ring substituents is 1. The van der Waals surface area contributed by atoms with Crippen LogP contribution in [-0.2, 0) is 0 Å². The first-order chi connectivity index (χ1) is 7.58. The van der Waals surface area contributed by atoms with E-state index >= 15 is 0 Å². The molecule has 0 aliphatic carbocycles. The number of benzene rings is 1. The number of halogens is 2. The molecule has 0 amide bonds. The van der Waals surface area contributed by atoms with Gasteiger partial charge in [-0.3, -0.25) is 10.1 Å². The lowest BCUT2D eigenvalue weighted by molar-refractivity contribution is -0.385. The molecular formula is C9H9F2N3O2. The molecule has 0 saturated carbocycles. The van der Waals surface area contributed by atoms with E-state index in [1.807, 2.05) is 0 Å². The molecule has 0 unspecified atom stereocenters. The molecule has 1 aliphatic rings. The second-order valence-corrected chi connectivity index (χ2v) is 3.54. The van der Waals surface area contributed by atoms with Crippen molar-refractivity contribution >= 4 is 11.4 Å². The minimum Gasteiger partial charge on any atom is -0.375 e. The Morgan fingerprint density at radius 2 is 1.94 bits per heavy atom. The van der Waals surface area contributed by atoms with E-state index in [0.29, 0.717) is 25.2 Å². The highest BCUT2D eigenvalue weighted by molar-refractivity contribution is 5.52. The second-order valence-electron chi connectivity index (χ2n) is 3.54. The van der Waals surface area contributed by atoms with E-state index in [2.05, 4.69) is 10.6 Å². The number of anilines is 1. The van der Waals surface area contributed by atoms with Crippen LogP contribution < -0.4 is 10.6 Å². The summed E-state index contributed by atoms with van der Waals surface area (Å²) in [7, 11) is 0. The summed E-state index contributed by atoms with van der Waals surface area (Å²) in [6.45, 7) is 1.24. The topological polar surface area (TPSA) is 67.2 Å². The maximum Gasteiger partial charge on any atom is 0.275 e. The average molecular weight is 229 g/mol. The molecule has 16 heavy (non-hydrogen) atoms. The summed E-state index contributed by atoms with van der Waals surface area (Å²) in [4.78, 5) is 9.52. The van der Waals surface area contributed by atoms with Crippen LogP contribution >= 0.6 is 0 Å². The lowest BCUT2D eigenvalue weighted by Crippen LogP contribution is -2.51. The van der Waals surface area contributed by atoms with Gasteiger partial charge in [-0.2, -0.15) is 0 Å². The quantitative estimate of drug-likeness (QED) is 0.604. The summed E-state index contributed by atoms with van der Waals surface area (Å²) >= 11 is 0. The molecule has 1 saturated heterocycles. The fourth-order valence-corrected chi connectivity index (χ4v) is 1.40. The summed E-state index contributed by atoms with van der Waals surface area (Å²) in [5, 5.41) is 15.9. The number of nitrogens with one attached hydrogen (secondary N) is 2. The van der Waals surface area contributed by atoms with Gasteiger partial charge in [0, 0.05) is 13.1 Å². The Morgan fingerprint density at radius 1 is 1.38 bits per heavy atom. The highest BCUT2D eigenvalue weighted by Crippen LogP contribution is 2.25. The van der Waals surface area contributed by atoms with Gasteiger partial charge < -0.3 is 10.6 Å². The van der Waals surface area contributed by atoms with Crippen LogP contribution in [0.4, 0.5) is 20.2 Å². The second kappa shape index (κ2) is 4.01. The van der Waals surface area contributed by atoms with Crippen molar-refractivity contribution in [1.29, 1.82) is 0 Å². The minimum absolute atomic E-state index is 0.0366. The largest absolute Gasteiger partial charge is 0.375 e. The van der Waals surface area contributed by atoms with Crippen molar-refractivity contribution in [2.75, 3.05) is 18.4 Å². The Balaban J connectivity index is 2.27. The highest BCUT2D eigenvalue weighted by atomic mass is 19.1. The van der Waals surface area contributed by atoms with E-state index < -0.39 is 22.2 Å². The average Bonchev–Trinajstić information content (AvgIpc) is 2.13. The fraction of sp³-hybridized carbons (Fsp3) is 0.333. The molecule has 1 fully saturated rings. The van der Waals surface area contributed by atoms with Crippen molar-refractivity contribution < 1.29 is 13.7 Å². The van der Waals surface area contributed by atoms with E-state index in [9.17, 15) is 18.9 Å². The van der Waals surface area contributed by atoms with Crippen LogP contribution in [0.25, 0.3) is 0 Å². The number of nitro benzene ring substituents is 1. The number of rotatable bonds is 3. The van der Waals surface area contributed by atoms with Gasteiger partial charge >= 0.3 is 0 Å². The summed E-state index contributed by atoms with van der Waals surface area (Å²) in [5.41, 5.74) is -0.899. The Bertz CT molecular complexity index is 412. The number of hydrogen-bond donors (Lipinski definition) is 2. The minimum atomic E-state index is -0.946. The van der Waals surface area contributed by atoms with Gasteiger partial charge in [0.15, 0.2) is 11.6 Å². The molecular weight excluding hydrogens is 220 g/mol. The zero-order chi connectivity index (χ0) is 11.7. The molecule has 86 valence electrons. The molecule has 1 aromatic rings. The number of nitrogens with zero attached hydrogens (tertiary/aromatic N) is 1. The lowest BCUT2D eigenvalue weighted by atomic mass is 10.1. The van der Waals surface area contributed by atoms with Crippen molar-refractivity contribution in [3.63, 3.8) is 0 Å². The van der Waals surface area contributed by atoms with Crippen LogP contribution in [0.1, 0.15) is 0 Å². The molecule has 2 N–H and O–H groups in total. The third-order valence-corrected chi connectivity index (χ3v) is 2.37.